The van der Waals surface area contributed by atoms with Crippen LogP contribution in [0.3, 0.4) is 0 Å². The molecule has 0 aromatic rings. The van der Waals surface area contributed by atoms with Gasteiger partial charge in [0.2, 0.25) is 0 Å². The van der Waals surface area contributed by atoms with Crippen LogP contribution < -0.4 is 0 Å². The fraction of sp³-hybridized carbons (Fsp3) is 0.846. The topological polar surface area (TPSA) is 9.23 Å². The van der Waals surface area contributed by atoms with E-state index in [1.807, 2.05) is 0 Å². The summed E-state index contributed by atoms with van der Waals surface area (Å²) >= 11 is 0. The lowest BCUT2D eigenvalue weighted by Crippen LogP contribution is -2.30. The largest absolute Gasteiger partial charge is 0.378 e. The molecule has 1 heteroatoms. The molecule has 0 aliphatic heterocycles. The molecule has 0 bridgehead atoms. The molecular weight excluding hydrogens is 172 g/mol. The van der Waals surface area contributed by atoms with Crippen molar-refractivity contribution in [1.82, 2.24) is 0 Å². The lowest BCUT2D eigenvalue weighted by molar-refractivity contribution is -0.0135. The van der Waals surface area contributed by atoms with Gasteiger partial charge < -0.3 is 4.74 Å². The summed E-state index contributed by atoms with van der Waals surface area (Å²) < 4.78 is 5.73. The molecule has 1 nitrogen and oxygen atoms in total. The predicted molar refractivity (Wildman–Crippen MR) is 61.4 cm³/mol. The molecule has 1 saturated carbocycles. The second-order valence-electron chi connectivity index (χ2n) is 5.04. The van der Waals surface area contributed by atoms with Crippen molar-refractivity contribution in [3.63, 3.8) is 0 Å². The zero-order valence-corrected chi connectivity index (χ0v) is 10.1. The van der Waals surface area contributed by atoms with Gasteiger partial charge in [-0.25, -0.2) is 0 Å². The fourth-order valence-corrected chi connectivity index (χ4v) is 2.51. The summed E-state index contributed by atoms with van der Waals surface area (Å²) in [4.78, 5) is 0. The van der Waals surface area contributed by atoms with Crippen molar-refractivity contribution in [3.8, 4) is 0 Å². The van der Waals surface area contributed by atoms with Crippen LogP contribution in [0.25, 0.3) is 0 Å². The standard InChI is InChI=1S/C13H24O/c1-6-14-11(4)13(5)8-7-12(9-13)10(2)3/h11-12H,2,6-9H2,1,3-5H3. The van der Waals surface area contributed by atoms with Gasteiger partial charge in [0.1, 0.15) is 0 Å². The van der Waals surface area contributed by atoms with Crippen LogP contribution >= 0.6 is 0 Å². The highest BCUT2D eigenvalue weighted by atomic mass is 16.5. The zero-order valence-electron chi connectivity index (χ0n) is 10.1. The average molecular weight is 196 g/mol. The van der Waals surface area contributed by atoms with Crippen molar-refractivity contribution in [2.24, 2.45) is 11.3 Å². The molecule has 1 fully saturated rings. The van der Waals surface area contributed by atoms with Crippen LogP contribution in [0.15, 0.2) is 12.2 Å². The van der Waals surface area contributed by atoms with E-state index in [0.717, 1.165) is 12.5 Å². The summed E-state index contributed by atoms with van der Waals surface area (Å²) in [6.45, 7) is 13.7. The van der Waals surface area contributed by atoms with E-state index in [1.165, 1.54) is 24.8 Å². The maximum Gasteiger partial charge on any atom is 0.0600 e. The van der Waals surface area contributed by atoms with Crippen LogP contribution in [0, 0.1) is 11.3 Å². The molecule has 0 aromatic heterocycles. The second-order valence-corrected chi connectivity index (χ2v) is 5.04. The third kappa shape index (κ3) is 2.38. The normalized spacial score (nSPS) is 34.4. The molecule has 3 atom stereocenters. The third-order valence-electron chi connectivity index (χ3n) is 3.87. The van der Waals surface area contributed by atoms with Crippen molar-refractivity contribution >= 4 is 0 Å². The van der Waals surface area contributed by atoms with Gasteiger partial charge in [0.25, 0.3) is 0 Å². The molecule has 0 radical (unpaired) electrons. The maximum atomic E-state index is 5.73. The smallest absolute Gasteiger partial charge is 0.0600 e. The number of hydrogen-bond donors (Lipinski definition) is 0. The minimum absolute atomic E-state index is 0.375. The highest BCUT2D eigenvalue weighted by molar-refractivity contribution is 5.04. The Kier molecular flexibility index (Phi) is 3.77. The Hall–Kier alpha value is -0.300. The fourth-order valence-electron chi connectivity index (χ4n) is 2.51. The van der Waals surface area contributed by atoms with Crippen molar-refractivity contribution in [3.05, 3.63) is 12.2 Å². The van der Waals surface area contributed by atoms with E-state index in [-0.39, 0.29) is 0 Å². The Labute approximate surface area is 88.5 Å². The quantitative estimate of drug-likeness (QED) is 0.621. The Morgan fingerprint density at radius 3 is 2.71 bits per heavy atom. The number of ether oxygens (including phenoxy) is 1. The first-order valence-corrected chi connectivity index (χ1v) is 5.76. The summed E-state index contributed by atoms with van der Waals surface area (Å²) in [5.74, 6) is 0.725. The summed E-state index contributed by atoms with van der Waals surface area (Å²) in [6, 6.07) is 0. The third-order valence-corrected chi connectivity index (χ3v) is 3.87. The molecule has 0 heterocycles. The van der Waals surface area contributed by atoms with E-state index < -0.39 is 0 Å². The van der Waals surface area contributed by atoms with Gasteiger partial charge in [0, 0.05) is 6.61 Å². The maximum absolute atomic E-state index is 5.73. The molecule has 0 spiro atoms. The van der Waals surface area contributed by atoms with Gasteiger partial charge in [-0.05, 0) is 51.4 Å². The van der Waals surface area contributed by atoms with Gasteiger partial charge >= 0.3 is 0 Å². The molecule has 0 N–H and O–H groups in total. The molecule has 14 heavy (non-hydrogen) atoms. The first-order valence-electron chi connectivity index (χ1n) is 5.76. The first-order chi connectivity index (χ1) is 6.49. The molecule has 0 amide bonds. The van der Waals surface area contributed by atoms with Gasteiger partial charge in [0.15, 0.2) is 0 Å². The summed E-state index contributed by atoms with van der Waals surface area (Å²) in [7, 11) is 0. The lowest BCUT2D eigenvalue weighted by Gasteiger charge is -2.31. The molecule has 3 unspecified atom stereocenters. The molecule has 1 rings (SSSR count). The molecule has 82 valence electrons. The highest BCUT2D eigenvalue weighted by Gasteiger charge is 2.39. The second kappa shape index (κ2) is 4.48. The number of rotatable bonds is 4. The molecule has 1 aliphatic rings. The Morgan fingerprint density at radius 1 is 1.64 bits per heavy atom. The SMILES string of the molecule is C=C(C)C1CCC(C)(C(C)OCC)C1. The van der Waals surface area contributed by atoms with Crippen molar-refractivity contribution in [2.75, 3.05) is 6.61 Å². The van der Waals surface area contributed by atoms with E-state index in [4.69, 9.17) is 4.74 Å². The predicted octanol–water partition coefficient (Wildman–Crippen LogP) is 3.79. The summed E-state index contributed by atoms with van der Waals surface area (Å²) in [6.07, 6.45) is 4.22. The Morgan fingerprint density at radius 2 is 2.29 bits per heavy atom. The molecule has 1 aliphatic carbocycles. The van der Waals surface area contributed by atoms with E-state index in [1.54, 1.807) is 0 Å². The molecule has 0 saturated heterocycles. The van der Waals surface area contributed by atoms with Crippen LogP contribution in [-0.2, 0) is 4.74 Å². The van der Waals surface area contributed by atoms with E-state index in [0.29, 0.717) is 11.5 Å². The van der Waals surface area contributed by atoms with E-state index >= 15 is 0 Å². The lowest BCUT2D eigenvalue weighted by atomic mass is 9.81. The Balaban J connectivity index is 2.56. The van der Waals surface area contributed by atoms with Crippen LogP contribution in [0.4, 0.5) is 0 Å². The summed E-state index contributed by atoms with van der Waals surface area (Å²) in [5, 5.41) is 0. The van der Waals surface area contributed by atoms with Crippen molar-refractivity contribution in [2.45, 2.75) is 53.1 Å². The first kappa shape index (κ1) is 11.8. The zero-order chi connectivity index (χ0) is 10.8. The van der Waals surface area contributed by atoms with Crippen LogP contribution in [-0.4, -0.2) is 12.7 Å². The van der Waals surface area contributed by atoms with Gasteiger partial charge in [-0.3, -0.25) is 0 Å². The van der Waals surface area contributed by atoms with Crippen LogP contribution in [0.5, 0.6) is 0 Å². The van der Waals surface area contributed by atoms with Gasteiger partial charge in [-0.2, -0.15) is 0 Å². The molecular formula is C13H24O. The monoisotopic (exact) mass is 196 g/mol. The van der Waals surface area contributed by atoms with Gasteiger partial charge in [-0.15, -0.1) is 0 Å². The summed E-state index contributed by atoms with van der Waals surface area (Å²) in [5.41, 5.74) is 1.72. The number of hydrogen-bond acceptors (Lipinski definition) is 1. The Bertz CT molecular complexity index is 209. The van der Waals surface area contributed by atoms with Gasteiger partial charge in [0.05, 0.1) is 6.10 Å². The van der Waals surface area contributed by atoms with Crippen LogP contribution in [0.2, 0.25) is 0 Å². The van der Waals surface area contributed by atoms with E-state index in [9.17, 15) is 0 Å². The van der Waals surface area contributed by atoms with Crippen LogP contribution in [0.1, 0.15) is 47.0 Å². The minimum Gasteiger partial charge on any atom is -0.378 e. The van der Waals surface area contributed by atoms with Crippen molar-refractivity contribution < 1.29 is 4.74 Å². The number of allylic oxidation sites excluding steroid dienone is 1. The highest BCUT2D eigenvalue weighted by Crippen LogP contribution is 2.47. The average Bonchev–Trinajstić information content (AvgIpc) is 2.50. The molecule has 0 aromatic carbocycles. The minimum atomic E-state index is 0.375. The van der Waals surface area contributed by atoms with Gasteiger partial charge in [-0.1, -0.05) is 19.1 Å². The van der Waals surface area contributed by atoms with E-state index in [2.05, 4.69) is 34.3 Å². The van der Waals surface area contributed by atoms with Crippen molar-refractivity contribution in [1.29, 1.82) is 0 Å².